The highest BCUT2D eigenvalue weighted by Crippen LogP contribution is 2.31. The molecule has 0 atom stereocenters. The summed E-state index contributed by atoms with van der Waals surface area (Å²) >= 11 is 0. The largest absolute Gasteiger partial charge is 0.436 e. The molecular weight excluding hydrogens is 448 g/mol. The topological polar surface area (TPSA) is 89.3 Å². The zero-order chi connectivity index (χ0) is 23.5. The van der Waals surface area contributed by atoms with Crippen molar-refractivity contribution in [1.82, 2.24) is 4.98 Å². The number of sulfone groups is 1. The highest BCUT2D eigenvalue weighted by Gasteiger charge is 2.30. The van der Waals surface area contributed by atoms with Gasteiger partial charge in [-0.2, -0.15) is 0 Å². The average Bonchev–Trinajstić information content (AvgIpc) is 3.58. The number of carbonyl (C=O) groups is 1. The molecule has 1 fully saturated rings. The number of hydrogen-bond donors (Lipinski definition) is 1. The lowest BCUT2D eigenvalue weighted by Crippen LogP contribution is -2.18. The molecule has 1 amide bonds. The van der Waals surface area contributed by atoms with Crippen LogP contribution in [0, 0.1) is 0 Å². The second kappa shape index (κ2) is 9.27. The highest BCUT2D eigenvalue weighted by atomic mass is 32.2. The van der Waals surface area contributed by atoms with Gasteiger partial charge in [-0.05, 0) is 43.2 Å². The van der Waals surface area contributed by atoms with E-state index in [0.29, 0.717) is 41.3 Å². The molecule has 3 aromatic carbocycles. The molecule has 4 aromatic rings. The van der Waals surface area contributed by atoms with Crippen molar-refractivity contribution in [2.75, 3.05) is 5.32 Å². The number of anilines is 1. The summed E-state index contributed by atoms with van der Waals surface area (Å²) in [6.07, 6.45) is 4.88. The Hall–Kier alpha value is -3.71. The number of oxazole rings is 1. The van der Waals surface area contributed by atoms with Crippen LogP contribution >= 0.6 is 0 Å². The molecule has 7 heteroatoms. The smallest absolute Gasteiger partial charge is 0.256 e. The van der Waals surface area contributed by atoms with E-state index in [4.69, 9.17) is 4.42 Å². The highest BCUT2D eigenvalue weighted by molar-refractivity contribution is 7.92. The van der Waals surface area contributed by atoms with E-state index in [1.54, 1.807) is 42.6 Å². The SMILES string of the molecule is O=C(Nc1cccc(S(=O)(=O)C2CCCC2)c1)c1ccccc1-c1ncc(-c2ccccc2)o1. The number of hydrogen-bond acceptors (Lipinski definition) is 5. The van der Waals surface area contributed by atoms with Gasteiger partial charge in [0.2, 0.25) is 5.89 Å². The number of nitrogens with zero attached hydrogens (tertiary/aromatic N) is 1. The van der Waals surface area contributed by atoms with Crippen molar-refractivity contribution in [2.24, 2.45) is 0 Å². The Morgan fingerprint density at radius 2 is 1.65 bits per heavy atom. The maximum Gasteiger partial charge on any atom is 0.256 e. The fraction of sp³-hybridized carbons (Fsp3) is 0.185. The maximum atomic E-state index is 13.2. The second-order valence-corrected chi connectivity index (χ2v) is 10.6. The van der Waals surface area contributed by atoms with E-state index in [-0.39, 0.29) is 16.1 Å². The quantitative estimate of drug-likeness (QED) is 0.373. The molecule has 0 bridgehead atoms. The third-order valence-corrected chi connectivity index (χ3v) is 8.39. The number of rotatable bonds is 6. The van der Waals surface area contributed by atoms with Gasteiger partial charge in [-0.25, -0.2) is 13.4 Å². The summed E-state index contributed by atoms with van der Waals surface area (Å²) in [6.45, 7) is 0. The van der Waals surface area contributed by atoms with E-state index in [0.717, 1.165) is 18.4 Å². The number of amides is 1. The average molecular weight is 473 g/mol. The third-order valence-electron chi connectivity index (χ3n) is 6.13. The molecule has 1 aromatic heterocycles. The minimum Gasteiger partial charge on any atom is -0.436 e. The summed E-state index contributed by atoms with van der Waals surface area (Å²) in [7, 11) is -3.41. The van der Waals surface area contributed by atoms with E-state index >= 15 is 0 Å². The number of benzene rings is 3. The first-order valence-corrected chi connectivity index (χ1v) is 12.8. The van der Waals surface area contributed by atoms with Gasteiger partial charge < -0.3 is 9.73 Å². The fourth-order valence-electron chi connectivity index (χ4n) is 4.34. The van der Waals surface area contributed by atoms with Crippen LogP contribution < -0.4 is 5.32 Å². The summed E-state index contributed by atoms with van der Waals surface area (Å²) in [4.78, 5) is 17.8. The molecule has 1 aliphatic rings. The van der Waals surface area contributed by atoms with Crippen LogP contribution in [0.15, 0.2) is 94.4 Å². The molecule has 1 aliphatic carbocycles. The molecule has 0 spiro atoms. The molecule has 1 saturated carbocycles. The molecule has 6 nitrogen and oxygen atoms in total. The molecule has 0 saturated heterocycles. The maximum absolute atomic E-state index is 13.2. The van der Waals surface area contributed by atoms with Gasteiger partial charge in [0.15, 0.2) is 15.6 Å². The van der Waals surface area contributed by atoms with Crippen molar-refractivity contribution in [2.45, 2.75) is 35.8 Å². The van der Waals surface area contributed by atoms with Crippen molar-refractivity contribution in [3.63, 3.8) is 0 Å². The lowest BCUT2D eigenvalue weighted by atomic mass is 10.1. The molecule has 0 unspecified atom stereocenters. The van der Waals surface area contributed by atoms with Gasteiger partial charge in [-0.1, -0.05) is 61.4 Å². The lowest BCUT2D eigenvalue weighted by Gasteiger charge is -2.13. The van der Waals surface area contributed by atoms with Crippen molar-refractivity contribution >= 4 is 21.4 Å². The second-order valence-electron chi connectivity index (χ2n) is 8.37. The van der Waals surface area contributed by atoms with Crippen molar-refractivity contribution < 1.29 is 17.6 Å². The van der Waals surface area contributed by atoms with E-state index < -0.39 is 9.84 Å². The molecule has 5 rings (SSSR count). The van der Waals surface area contributed by atoms with Crippen LogP contribution in [0.1, 0.15) is 36.0 Å². The minimum absolute atomic E-state index is 0.241. The van der Waals surface area contributed by atoms with Gasteiger partial charge in [0, 0.05) is 16.8 Å². The van der Waals surface area contributed by atoms with Crippen LogP contribution in [0.5, 0.6) is 0 Å². The first-order valence-electron chi connectivity index (χ1n) is 11.3. The zero-order valence-electron chi connectivity index (χ0n) is 18.5. The Morgan fingerprint density at radius 3 is 2.44 bits per heavy atom. The lowest BCUT2D eigenvalue weighted by molar-refractivity contribution is 0.102. The number of aromatic nitrogens is 1. The van der Waals surface area contributed by atoms with E-state index in [9.17, 15) is 13.2 Å². The van der Waals surface area contributed by atoms with Crippen LogP contribution in [-0.4, -0.2) is 24.6 Å². The Bertz CT molecular complexity index is 1420. The van der Waals surface area contributed by atoms with Crippen LogP contribution in [0.2, 0.25) is 0 Å². The summed E-state index contributed by atoms with van der Waals surface area (Å²) < 4.78 is 31.9. The van der Waals surface area contributed by atoms with E-state index in [1.807, 2.05) is 36.4 Å². The summed E-state index contributed by atoms with van der Waals surface area (Å²) in [5.74, 6) is 0.572. The monoisotopic (exact) mass is 472 g/mol. The van der Waals surface area contributed by atoms with Crippen molar-refractivity contribution in [1.29, 1.82) is 0 Å². The van der Waals surface area contributed by atoms with E-state index in [2.05, 4.69) is 10.3 Å². The molecule has 0 radical (unpaired) electrons. The normalized spacial score (nSPS) is 14.2. The molecule has 1 heterocycles. The predicted molar refractivity (Wildman–Crippen MR) is 131 cm³/mol. The zero-order valence-corrected chi connectivity index (χ0v) is 19.3. The Labute approximate surface area is 198 Å². The van der Waals surface area contributed by atoms with E-state index in [1.165, 1.54) is 6.07 Å². The summed E-state index contributed by atoms with van der Waals surface area (Å²) in [6, 6.07) is 23.1. The van der Waals surface area contributed by atoms with Crippen LogP contribution in [0.3, 0.4) is 0 Å². The molecule has 0 aliphatic heterocycles. The standard InChI is InChI=1S/C27H24N2O4S/c30-26(29-20-11-8-14-22(17-20)34(31,32)21-12-4-5-13-21)23-15-6-7-16-24(23)27-28-18-25(33-27)19-9-2-1-3-10-19/h1-3,6-11,14-18,21H,4-5,12-13H2,(H,29,30). The summed E-state index contributed by atoms with van der Waals surface area (Å²) in [5.41, 5.74) is 2.25. The number of carbonyl (C=O) groups excluding carboxylic acids is 1. The fourth-order valence-corrected chi connectivity index (χ4v) is 6.24. The van der Waals surface area contributed by atoms with Crippen LogP contribution in [-0.2, 0) is 9.84 Å². The predicted octanol–water partition coefficient (Wildman–Crippen LogP) is 5.98. The Balaban J connectivity index is 1.40. The van der Waals surface area contributed by atoms with Gasteiger partial charge in [0.1, 0.15) is 0 Å². The Kier molecular flexibility index (Phi) is 6.02. The minimum atomic E-state index is -3.41. The molecule has 1 N–H and O–H groups in total. The molecular formula is C27H24N2O4S. The van der Waals surface area contributed by atoms with Gasteiger partial charge in [0.25, 0.3) is 5.91 Å². The summed E-state index contributed by atoms with van der Waals surface area (Å²) in [5, 5.41) is 2.49. The first-order chi connectivity index (χ1) is 16.5. The van der Waals surface area contributed by atoms with Crippen molar-refractivity contribution in [3.8, 4) is 22.8 Å². The van der Waals surface area contributed by atoms with Gasteiger partial charge in [-0.15, -0.1) is 0 Å². The number of nitrogens with one attached hydrogen (secondary N) is 1. The van der Waals surface area contributed by atoms with Gasteiger partial charge in [-0.3, -0.25) is 4.79 Å². The van der Waals surface area contributed by atoms with Gasteiger partial charge >= 0.3 is 0 Å². The molecule has 172 valence electrons. The Morgan fingerprint density at radius 1 is 0.912 bits per heavy atom. The van der Waals surface area contributed by atoms with Gasteiger partial charge in [0.05, 0.1) is 21.9 Å². The first kappa shape index (κ1) is 22.1. The molecule has 34 heavy (non-hydrogen) atoms. The van der Waals surface area contributed by atoms with Crippen molar-refractivity contribution in [3.05, 3.63) is 90.6 Å². The van der Waals surface area contributed by atoms with Crippen LogP contribution in [0.4, 0.5) is 5.69 Å². The van der Waals surface area contributed by atoms with Crippen LogP contribution in [0.25, 0.3) is 22.8 Å². The third kappa shape index (κ3) is 4.39.